The first-order valence-corrected chi connectivity index (χ1v) is 7.97. The Morgan fingerprint density at radius 2 is 1.64 bits per heavy atom. The molecule has 4 rings (SSSR count). The van der Waals surface area contributed by atoms with Gasteiger partial charge >= 0.3 is 0 Å². The van der Waals surface area contributed by atoms with Gasteiger partial charge in [0.15, 0.2) is 0 Å². The number of nitrogens with two attached hydrogens (primary N) is 1. The molecule has 0 radical (unpaired) electrons. The predicted molar refractivity (Wildman–Crippen MR) is 98.0 cm³/mol. The molecule has 25 heavy (non-hydrogen) atoms. The first-order chi connectivity index (χ1) is 12.1. The zero-order valence-electron chi connectivity index (χ0n) is 13.3. The van der Waals surface area contributed by atoms with Crippen molar-refractivity contribution >= 4 is 28.5 Å². The average molecular weight is 349 g/mol. The maximum atomic E-state index is 5.98. The Morgan fingerprint density at radius 3 is 2.44 bits per heavy atom. The predicted octanol–water partition coefficient (Wildman–Crippen LogP) is 3.69. The molecule has 0 unspecified atom stereocenters. The molecule has 0 bridgehead atoms. The zero-order valence-corrected chi connectivity index (χ0v) is 14.1. The number of anilines is 1. The fraction of sp³-hybridized carbons (Fsp3) is 0.0556. The van der Waals surface area contributed by atoms with E-state index in [1.54, 1.807) is 18.5 Å². The minimum atomic E-state index is 0.119. The molecule has 6 nitrogen and oxygen atoms in total. The monoisotopic (exact) mass is 348 g/mol. The number of hydrogen-bond acceptors (Lipinski definition) is 6. The topological polar surface area (TPSA) is 90.5 Å². The molecule has 4 aromatic rings. The highest BCUT2D eigenvalue weighted by molar-refractivity contribution is 6.30. The van der Waals surface area contributed by atoms with Gasteiger partial charge in [-0.3, -0.25) is 0 Å². The average Bonchev–Trinajstić information content (AvgIpc) is 2.62. The second kappa shape index (κ2) is 6.07. The van der Waals surface area contributed by atoms with Crippen molar-refractivity contribution in [1.29, 1.82) is 0 Å². The molecule has 2 heterocycles. The van der Waals surface area contributed by atoms with E-state index in [4.69, 9.17) is 17.3 Å². The van der Waals surface area contributed by atoms with Crippen molar-refractivity contribution in [3.63, 3.8) is 0 Å². The highest BCUT2D eigenvalue weighted by atomic mass is 35.5. The molecular formula is C18H13ClN6. The number of rotatable bonds is 2. The van der Waals surface area contributed by atoms with Gasteiger partial charge in [-0.2, -0.15) is 0 Å². The molecule has 0 aliphatic rings. The van der Waals surface area contributed by atoms with Gasteiger partial charge in [0.05, 0.1) is 5.52 Å². The Labute approximate surface area is 148 Å². The first kappa shape index (κ1) is 15.4. The van der Waals surface area contributed by atoms with E-state index in [2.05, 4.69) is 25.1 Å². The summed E-state index contributed by atoms with van der Waals surface area (Å²) in [6, 6.07) is 13.2. The molecule has 2 aromatic heterocycles. The van der Waals surface area contributed by atoms with Gasteiger partial charge in [0.1, 0.15) is 17.7 Å². The number of halogens is 1. The second-order valence-electron chi connectivity index (χ2n) is 5.57. The van der Waals surface area contributed by atoms with Crippen LogP contribution in [0.2, 0.25) is 5.02 Å². The normalized spacial score (nSPS) is 11.0. The van der Waals surface area contributed by atoms with Crippen LogP contribution in [-0.2, 0) is 0 Å². The van der Waals surface area contributed by atoms with E-state index in [0.717, 1.165) is 27.7 Å². The SMILES string of the molecule is Cc1ncnc2ccc(-c3nnc(N)nc3-c3ccc(Cl)cc3)cc12. The zero-order chi connectivity index (χ0) is 17.4. The molecule has 7 heteroatoms. The lowest BCUT2D eigenvalue weighted by atomic mass is 10.0. The van der Waals surface area contributed by atoms with Crippen molar-refractivity contribution in [2.24, 2.45) is 0 Å². The van der Waals surface area contributed by atoms with Gasteiger partial charge in [0, 0.05) is 27.2 Å². The molecule has 0 spiro atoms. The van der Waals surface area contributed by atoms with Crippen LogP contribution >= 0.6 is 11.6 Å². The number of hydrogen-bond donors (Lipinski definition) is 1. The van der Waals surface area contributed by atoms with Crippen LogP contribution in [0.1, 0.15) is 5.69 Å². The summed E-state index contributed by atoms with van der Waals surface area (Å²) < 4.78 is 0. The largest absolute Gasteiger partial charge is 0.366 e. The molecule has 0 atom stereocenters. The number of fused-ring (bicyclic) bond motifs is 1. The fourth-order valence-corrected chi connectivity index (χ4v) is 2.80. The fourth-order valence-electron chi connectivity index (χ4n) is 2.67. The van der Waals surface area contributed by atoms with Gasteiger partial charge in [-0.1, -0.05) is 29.8 Å². The van der Waals surface area contributed by atoms with E-state index in [9.17, 15) is 0 Å². The van der Waals surface area contributed by atoms with Gasteiger partial charge < -0.3 is 5.73 Å². The summed E-state index contributed by atoms with van der Waals surface area (Å²) in [5.41, 5.74) is 10.6. The lowest BCUT2D eigenvalue weighted by Gasteiger charge is -2.09. The Hall–Kier alpha value is -3.12. The van der Waals surface area contributed by atoms with Crippen molar-refractivity contribution in [2.75, 3.05) is 5.73 Å². The van der Waals surface area contributed by atoms with Crippen LogP contribution in [-0.4, -0.2) is 25.1 Å². The summed E-state index contributed by atoms with van der Waals surface area (Å²) in [4.78, 5) is 12.9. The molecule has 2 aromatic carbocycles. The number of aryl methyl sites for hydroxylation is 1. The quantitative estimate of drug-likeness (QED) is 0.594. The summed E-state index contributed by atoms with van der Waals surface area (Å²) in [5.74, 6) is 0.119. The van der Waals surface area contributed by atoms with Crippen LogP contribution in [0.5, 0.6) is 0 Å². The van der Waals surface area contributed by atoms with Crippen LogP contribution in [0.25, 0.3) is 33.4 Å². The van der Waals surface area contributed by atoms with Gasteiger partial charge in [0.25, 0.3) is 0 Å². The van der Waals surface area contributed by atoms with E-state index in [1.807, 2.05) is 37.3 Å². The van der Waals surface area contributed by atoms with E-state index in [-0.39, 0.29) is 5.95 Å². The Morgan fingerprint density at radius 1 is 0.880 bits per heavy atom. The number of nitrogen functional groups attached to an aromatic ring is 1. The van der Waals surface area contributed by atoms with Crippen molar-refractivity contribution in [1.82, 2.24) is 25.1 Å². The first-order valence-electron chi connectivity index (χ1n) is 7.60. The molecule has 2 N–H and O–H groups in total. The van der Waals surface area contributed by atoms with Crippen molar-refractivity contribution in [3.05, 3.63) is 59.5 Å². The van der Waals surface area contributed by atoms with Crippen molar-refractivity contribution < 1.29 is 0 Å². The molecule has 0 aliphatic carbocycles. The maximum absolute atomic E-state index is 5.98. The number of aromatic nitrogens is 5. The Kier molecular flexibility index (Phi) is 3.74. The summed E-state index contributed by atoms with van der Waals surface area (Å²) in [6.07, 6.45) is 1.56. The van der Waals surface area contributed by atoms with Gasteiger partial charge in [-0.05, 0) is 31.2 Å². The third-order valence-electron chi connectivity index (χ3n) is 3.93. The molecule has 0 saturated carbocycles. The van der Waals surface area contributed by atoms with E-state index >= 15 is 0 Å². The van der Waals surface area contributed by atoms with Crippen LogP contribution in [0, 0.1) is 6.92 Å². The smallest absolute Gasteiger partial charge is 0.240 e. The third kappa shape index (κ3) is 2.88. The summed E-state index contributed by atoms with van der Waals surface area (Å²) >= 11 is 5.98. The highest BCUT2D eigenvalue weighted by Crippen LogP contribution is 2.31. The Bertz CT molecular complexity index is 1080. The minimum Gasteiger partial charge on any atom is -0.366 e. The summed E-state index contributed by atoms with van der Waals surface area (Å²) in [7, 11) is 0. The number of nitrogens with zero attached hydrogens (tertiary/aromatic N) is 5. The van der Waals surface area contributed by atoms with Crippen LogP contribution in [0.3, 0.4) is 0 Å². The van der Waals surface area contributed by atoms with Gasteiger partial charge in [-0.25, -0.2) is 15.0 Å². The second-order valence-corrected chi connectivity index (χ2v) is 6.00. The van der Waals surface area contributed by atoms with E-state index in [0.29, 0.717) is 16.4 Å². The molecule has 0 saturated heterocycles. The summed E-state index contributed by atoms with van der Waals surface area (Å²) in [5, 5.41) is 9.80. The molecule has 0 fully saturated rings. The number of benzene rings is 2. The molecule has 0 amide bonds. The third-order valence-corrected chi connectivity index (χ3v) is 4.18. The maximum Gasteiger partial charge on any atom is 0.240 e. The van der Waals surface area contributed by atoms with E-state index < -0.39 is 0 Å². The van der Waals surface area contributed by atoms with Crippen molar-refractivity contribution in [3.8, 4) is 22.5 Å². The van der Waals surface area contributed by atoms with Gasteiger partial charge in [0.2, 0.25) is 5.95 Å². The lowest BCUT2D eigenvalue weighted by molar-refractivity contribution is 0.997. The molecule has 122 valence electrons. The van der Waals surface area contributed by atoms with Gasteiger partial charge in [-0.15, -0.1) is 10.2 Å². The van der Waals surface area contributed by atoms with Crippen LogP contribution in [0.4, 0.5) is 5.95 Å². The molecular weight excluding hydrogens is 336 g/mol. The van der Waals surface area contributed by atoms with Crippen molar-refractivity contribution in [2.45, 2.75) is 6.92 Å². The lowest BCUT2D eigenvalue weighted by Crippen LogP contribution is -2.02. The van der Waals surface area contributed by atoms with E-state index in [1.165, 1.54) is 0 Å². The van der Waals surface area contributed by atoms with Crippen LogP contribution in [0.15, 0.2) is 48.8 Å². The molecule has 0 aliphatic heterocycles. The Balaban J connectivity index is 1.94. The minimum absolute atomic E-state index is 0.119. The highest BCUT2D eigenvalue weighted by Gasteiger charge is 2.14. The van der Waals surface area contributed by atoms with Crippen LogP contribution < -0.4 is 5.73 Å². The summed E-state index contributed by atoms with van der Waals surface area (Å²) in [6.45, 7) is 1.95. The standard InChI is InChI=1S/C18H13ClN6/c1-10-14-8-12(4-7-15(14)22-9-21-10)17-16(23-18(20)25-24-17)11-2-5-13(19)6-3-11/h2-9H,1H3,(H2,20,23,25).